The lowest BCUT2D eigenvalue weighted by Crippen LogP contribution is -1.88. The number of hydrogen-bond acceptors (Lipinski definition) is 2. The molecule has 0 saturated carbocycles. The highest BCUT2D eigenvalue weighted by atomic mass is 16.1. The Morgan fingerprint density at radius 3 is 2.50 bits per heavy atom. The van der Waals surface area contributed by atoms with Gasteiger partial charge < -0.3 is 0 Å². The lowest BCUT2D eigenvalue weighted by Gasteiger charge is -1.90. The minimum atomic E-state index is -0.322. The summed E-state index contributed by atoms with van der Waals surface area (Å²) < 4.78 is 0. The van der Waals surface area contributed by atoms with Gasteiger partial charge in [0.05, 0.1) is 5.70 Å². The fourth-order valence-electron chi connectivity index (χ4n) is 0.348. The Morgan fingerprint density at radius 1 is 1.38 bits per heavy atom. The van der Waals surface area contributed by atoms with Crippen LogP contribution in [0.4, 0.5) is 0 Å². The summed E-state index contributed by atoms with van der Waals surface area (Å²) in [5.74, 6) is -0.322. The summed E-state index contributed by atoms with van der Waals surface area (Å²) >= 11 is 0. The predicted octanol–water partition coefficient (Wildman–Crippen LogP) is 1.05. The van der Waals surface area contributed by atoms with Crippen molar-refractivity contribution < 1.29 is 4.79 Å². The van der Waals surface area contributed by atoms with E-state index in [4.69, 9.17) is 0 Å². The molecule has 0 bridgehead atoms. The van der Waals surface area contributed by atoms with E-state index in [0.29, 0.717) is 5.70 Å². The van der Waals surface area contributed by atoms with E-state index in [1.54, 1.807) is 0 Å². The molecule has 1 aliphatic heterocycles. The molecule has 0 N–H and O–H groups in total. The number of carbonyl (C=O) groups excluding carboxylic acids is 1. The zero-order valence-corrected chi connectivity index (χ0v) is 4.16. The van der Waals surface area contributed by atoms with Crippen LogP contribution in [0.3, 0.4) is 0 Å². The van der Waals surface area contributed by atoms with Gasteiger partial charge in [-0.25, -0.2) is 0 Å². The number of azo groups is 1. The van der Waals surface area contributed by atoms with Crippen LogP contribution in [0.15, 0.2) is 34.7 Å². The van der Waals surface area contributed by atoms with Crippen LogP contribution in [-0.4, -0.2) is 5.91 Å². The molecule has 0 atom stereocenters. The largest absolute Gasteiger partial charge is 0.288 e. The van der Waals surface area contributed by atoms with Gasteiger partial charge in [0.15, 0.2) is 0 Å². The van der Waals surface area contributed by atoms with Gasteiger partial charge >= 0.3 is 0 Å². The first kappa shape index (κ1) is 4.90. The van der Waals surface area contributed by atoms with Gasteiger partial charge in [-0.15, -0.1) is 10.2 Å². The van der Waals surface area contributed by atoms with Gasteiger partial charge in [0, 0.05) is 6.08 Å². The molecule has 8 heavy (non-hydrogen) atoms. The lowest BCUT2D eigenvalue weighted by molar-refractivity contribution is -0.114. The minimum Gasteiger partial charge on any atom is -0.266 e. The van der Waals surface area contributed by atoms with Crippen molar-refractivity contribution in [3.05, 3.63) is 24.4 Å². The molecule has 3 nitrogen and oxygen atoms in total. The molecule has 0 aromatic heterocycles. The average Bonchev–Trinajstić information content (AvgIpc) is 1.77. The number of hydrogen-bond donors (Lipinski definition) is 0. The molecule has 1 rings (SSSR count). The van der Waals surface area contributed by atoms with E-state index in [1.807, 2.05) is 0 Å². The Kier molecular flexibility index (Phi) is 1.04. The summed E-state index contributed by atoms with van der Waals surface area (Å²) in [4.78, 5) is 10.2. The Labute approximate surface area is 46.4 Å². The van der Waals surface area contributed by atoms with Crippen LogP contribution in [0.25, 0.3) is 0 Å². The smallest absolute Gasteiger partial charge is 0.266 e. The van der Waals surface area contributed by atoms with Crippen molar-refractivity contribution in [1.82, 2.24) is 0 Å². The van der Waals surface area contributed by atoms with Crippen molar-refractivity contribution in [2.45, 2.75) is 0 Å². The number of rotatable bonds is 0. The minimum absolute atomic E-state index is 0.322. The second kappa shape index (κ2) is 1.69. The van der Waals surface area contributed by atoms with Crippen molar-refractivity contribution in [1.29, 1.82) is 0 Å². The first-order valence-corrected chi connectivity index (χ1v) is 2.12. The maximum Gasteiger partial charge on any atom is 0.288 e. The number of allylic oxidation sites excluding steroid dienone is 1. The van der Waals surface area contributed by atoms with Crippen molar-refractivity contribution in [3.63, 3.8) is 0 Å². The molecule has 0 fully saturated rings. The number of amides is 1. The van der Waals surface area contributed by atoms with E-state index in [1.165, 1.54) is 12.2 Å². The summed E-state index contributed by atoms with van der Waals surface area (Å²) in [6, 6.07) is 0. The van der Waals surface area contributed by atoms with E-state index in [2.05, 4.69) is 16.8 Å². The van der Waals surface area contributed by atoms with E-state index in [0.717, 1.165) is 0 Å². The first-order chi connectivity index (χ1) is 3.79. The normalized spacial score (nSPS) is 17.5. The first-order valence-electron chi connectivity index (χ1n) is 2.12. The third-order valence-corrected chi connectivity index (χ3v) is 0.695. The third-order valence-electron chi connectivity index (χ3n) is 0.695. The highest BCUT2D eigenvalue weighted by Crippen LogP contribution is 2.01. The fraction of sp³-hybridized carbons (Fsp3) is 0. The number of nitrogens with zero attached hydrogens (tertiary/aromatic N) is 2. The van der Waals surface area contributed by atoms with Crippen LogP contribution in [0.2, 0.25) is 0 Å². The SMILES string of the molecule is C=C1C=CC(=O)N=N1. The van der Waals surface area contributed by atoms with Gasteiger partial charge in [-0.2, -0.15) is 0 Å². The maximum absolute atomic E-state index is 10.2. The van der Waals surface area contributed by atoms with Crippen molar-refractivity contribution in [2.24, 2.45) is 10.2 Å². The second-order valence-electron chi connectivity index (χ2n) is 1.36. The summed E-state index contributed by atoms with van der Waals surface area (Å²) in [7, 11) is 0. The average molecular weight is 108 g/mol. The molecular formula is C5H4N2O. The van der Waals surface area contributed by atoms with Gasteiger partial charge in [-0.3, -0.25) is 4.79 Å². The third kappa shape index (κ3) is 0.872. The molecule has 0 saturated heterocycles. The fourth-order valence-corrected chi connectivity index (χ4v) is 0.348. The number of carbonyl (C=O) groups is 1. The Balaban J connectivity index is 2.83. The molecule has 0 aliphatic carbocycles. The Morgan fingerprint density at radius 2 is 2.12 bits per heavy atom. The van der Waals surface area contributed by atoms with Gasteiger partial charge in [0.25, 0.3) is 5.91 Å². The van der Waals surface area contributed by atoms with Crippen LogP contribution in [0, 0.1) is 0 Å². The molecule has 3 heteroatoms. The van der Waals surface area contributed by atoms with Crippen LogP contribution >= 0.6 is 0 Å². The van der Waals surface area contributed by atoms with Crippen LogP contribution in [0.5, 0.6) is 0 Å². The van der Waals surface area contributed by atoms with Gasteiger partial charge in [-0.1, -0.05) is 6.58 Å². The van der Waals surface area contributed by atoms with Gasteiger partial charge in [0.1, 0.15) is 0 Å². The van der Waals surface area contributed by atoms with Crippen LogP contribution in [0.1, 0.15) is 0 Å². The summed E-state index contributed by atoms with van der Waals surface area (Å²) in [6.45, 7) is 3.45. The second-order valence-corrected chi connectivity index (χ2v) is 1.36. The van der Waals surface area contributed by atoms with E-state index < -0.39 is 0 Å². The van der Waals surface area contributed by atoms with Gasteiger partial charge in [-0.05, 0) is 6.08 Å². The molecule has 40 valence electrons. The highest BCUT2D eigenvalue weighted by molar-refractivity contribution is 5.89. The standard InChI is InChI=1S/C5H4N2O/c1-4-2-3-5(8)7-6-4/h2-3H,1H2. The molecule has 0 spiro atoms. The van der Waals surface area contributed by atoms with Crippen LogP contribution in [-0.2, 0) is 4.79 Å². The van der Waals surface area contributed by atoms with Gasteiger partial charge in [0.2, 0.25) is 0 Å². The molecular weight excluding hydrogens is 104 g/mol. The zero-order valence-electron chi connectivity index (χ0n) is 4.16. The molecule has 0 radical (unpaired) electrons. The zero-order chi connectivity index (χ0) is 5.98. The predicted molar refractivity (Wildman–Crippen MR) is 28.1 cm³/mol. The molecule has 0 aromatic rings. The van der Waals surface area contributed by atoms with Crippen molar-refractivity contribution in [3.8, 4) is 0 Å². The molecule has 1 amide bonds. The molecule has 0 aromatic carbocycles. The van der Waals surface area contributed by atoms with E-state index in [9.17, 15) is 4.79 Å². The monoisotopic (exact) mass is 108 g/mol. The lowest BCUT2D eigenvalue weighted by atomic mass is 10.4. The Hall–Kier alpha value is -1.25. The van der Waals surface area contributed by atoms with Crippen molar-refractivity contribution >= 4 is 5.91 Å². The molecule has 0 unspecified atom stereocenters. The maximum atomic E-state index is 10.2. The van der Waals surface area contributed by atoms with Crippen molar-refractivity contribution in [2.75, 3.05) is 0 Å². The highest BCUT2D eigenvalue weighted by Gasteiger charge is 1.96. The summed E-state index contributed by atoms with van der Waals surface area (Å²) in [6.07, 6.45) is 2.85. The molecule has 1 heterocycles. The molecule has 1 aliphatic rings. The quantitative estimate of drug-likeness (QED) is 0.457. The summed E-state index contributed by atoms with van der Waals surface area (Å²) in [5, 5.41) is 6.62. The Bertz CT molecular complexity index is 153. The summed E-state index contributed by atoms with van der Waals surface area (Å²) in [5.41, 5.74) is 0.518. The van der Waals surface area contributed by atoms with E-state index in [-0.39, 0.29) is 5.91 Å². The van der Waals surface area contributed by atoms with Crippen LogP contribution < -0.4 is 0 Å². The van der Waals surface area contributed by atoms with E-state index >= 15 is 0 Å². The topological polar surface area (TPSA) is 41.8 Å².